The molecule has 0 aliphatic carbocycles. The molecule has 2 fully saturated rings. The lowest BCUT2D eigenvalue weighted by Crippen LogP contribution is -2.35. The van der Waals surface area contributed by atoms with Crippen LogP contribution in [-0.2, 0) is 27.9 Å². The highest BCUT2D eigenvalue weighted by atomic mass is 32.2. The van der Waals surface area contributed by atoms with Gasteiger partial charge in [-0.2, -0.15) is 4.31 Å². The molecule has 2 aliphatic heterocycles. The Morgan fingerprint density at radius 3 is 2.40 bits per heavy atom. The Kier molecular flexibility index (Phi) is 6.70. The van der Waals surface area contributed by atoms with Gasteiger partial charge >= 0.3 is 5.97 Å². The summed E-state index contributed by atoms with van der Waals surface area (Å²) in [6.45, 7) is 5.52. The Balaban J connectivity index is 1.32. The fourth-order valence-corrected chi connectivity index (χ4v) is 6.33. The fourth-order valence-electron chi connectivity index (χ4n) is 4.79. The van der Waals surface area contributed by atoms with Gasteiger partial charge in [0, 0.05) is 32.7 Å². The highest BCUT2D eigenvalue weighted by Gasteiger charge is 2.27. The SMILES string of the molecule is CCn1c(COC(=O)c2ccc(N3CCCC3)nn2)nc2cc(S(=O)(=O)N3CCCCC3)ccc21. The zero-order valence-electron chi connectivity index (χ0n) is 19.9. The number of fused-ring (bicyclic) bond motifs is 1. The Labute approximate surface area is 205 Å². The second-order valence-electron chi connectivity index (χ2n) is 8.93. The van der Waals surface area contributed by atoms with Crippen LogP contribution in [0.2, 0.25) is 0 Å². The molecule has 0 saturated carbocycles. The van der Waals surface area contributed by atoms with Crippen LogP contribution in [0, 0.1) is 0 Å². The lowest BCUT2D eigenvalue weighted by Gasteiger charge is -2.25. The minimum absolute atomic E-state index is 0.0505. The zero-order valence-corrected chi connectivity index (χ0v) is 20.7. The standard InChI is InChI=1S/C24H30N6O4S/c1-2-30-21-10-8-18(35(32,33)29-14-4-3-5-15-29)16-20(21)25-23(30)17-34-24(31)19-9-11-22(27-26-19)28-12-6-7-13-28/h8-11,16H,2-7,12-15,17H2,1H3. The quantitative estimate of drug-likeness (QED) is 0.457. The van der Waals surface area contributed by atoms with Gasteiger partial charge in [0.05, 0.1) is 15.9 Å². The van der Waals surface area contributed by atoms with Gasteiger partial charge in [-0.1, -0.05) is 6.42 Å². The summed E-state index contributed by atoms with van der Waals surface area (Å²) < 4.78 is 35.1. The van der Waals surface area contributed by atoms with Crippen molar-refractivity contribution >= 4 is 32.8 Å². The number of esters is 1. The molecule has 0 unspecified atom stereocenters. The Morgan fingerprint density at radius 1 is 0.971 bits per heavy atom. The maximum absolute atomic E-state index is 13.1. The number of anilines is 1. The summed E-state index contributed by atoms with van der Waals surface area (Å²) in [5.41, 5.74) is 1.50. The predicted molar refractivity (Wildman–Crippen MR) is 131 cm³/mol. The lowest BCUT2D eigenvalue weighted by molar-refractivity contribution is 0.0450. The summed E-state index contributed by atoms with van der Waals surface area (Å²) in [5.74, 6) is 0.737. The van der Waals surface area contributed by atoms with Gasteiger partial charge in [0.1, 0.15) is 12.4 Å². The van der Waals surface area contributed by atoms with Gasteiger partial charge in [-0.25, -0.2) is 18.2 Å². The molecule has 2 saturated heterocycles. The number of aryl methyl sites for hydroxylation is 1. The topological polar surface area (TPSA) is 111 Å². The smallest absolute Gasteiger partial charge is 0.359 e. The van der Waals surface area contributed by atoms with Crippen molar-refractivity contribution in [1.29, 1.82) is 0 Å². The number of carbonyl (C=O) groups excluding carboxylic acids is 1. The van der Waals surface area contributed by atoms with Crippen molar-refractivity contribution in [3.8, 4) is 0 Å². The Hall–Kier alpha value is -3.05. The van der Waals surface area contributed by atoms with Gasteiger partial charge < -0.3 is 14.2 Å². The van der Waals surface area contributed by atoms with Crippen molar-refractivity contribution in [2.45, 2.75) is 57.1 Å². The van der Waals surface area contributed by atoms with Gasteiger partial charge in [0.2, 0.25) is 10.0 Å². The molecular weight excluding hydrogens is 468 g/mol. The number of hydrogen-bond donors (Lipinski definition) is 0. The molecule has 5 rings (SSSR count). The Bertz CT molecular complexity index is 1310. The number of benzene rings is 1. The first kappa shape index (κ1) is 23.7. The summed E-state index contributed by atoms with van der Waals surface area (Å²) in [5, 5.41) is 8.21. The van der Waals surface area contributed by atoms with E-state index < -0.39 is 16.0 Å². The normalized spacial score (nSPS) is 17.2. The van der Waals surface area contributed by atoms with Crippen LogP contribution in [0.4, 0.5) is 5.82 Å². The number of sulfonamides is 1. The monoisotopic (exact) mass is 498 g/mol. The van der Waals surface area contributed by atoms with E-state index in [1.165, 1.54) is 0 Å². The van der Waals surface area contributed by atoms with Crippen molar-refractivity contribution in [2.24, 2.45) is 0 Å². The van der Waals surface area contributed by atoms with Crippen molar-refractivity contribution < 1.29 is 17.9 Å². The second-order valence-corrected chi connectivity index (χ2v) is 10.9. The number of imidazole rings is 1. The molecule has 2 aliphatic rings. The number of piperidine rings is 1. The van der Waals surface area contributed by atoms with Crippen LogP contribution in [0.15, 0.2) is 35.2 Å². The third-order valence-electron chi connectivity index (χ3n) is 6.69. The third kappa shape index (κ3) is 4.74. The first-order valence-corrected chi connectivity index (χ1v) is 13.7. The van der Waals surface area contributed by atoms with Crippen LogP contribution < -0.4 is 4.90 Å². The van der Waals surface area contributed by atoms with Crippen LogP contribution >= 0.6 is 0 Å². The molecule has 2 aromatic heterocycles. The minimum Gasteiger partial charge on any atom is -0.453 e. The van der Waals surface area contributed by atoms with Crippen LogP contribution in [0.25, 0.3) is 11.0 Å². The van der Waals surface area contributed by atoms with E-state index in [2.05, 4.69) is 20.1 Å². The van der Waals surface area contributed by atoms with Gasteiger partial charge in [-0.3, -0.25) is 0 Å². The molecule has 0 N–H and O–H groups in total. The molecule has 10 nitrogen and oxygen atoms in total. The van der Waals surface area contributed by atoms with E-state index in [1.54, 1.807) is 34.6 Å². The summed E-state index contributed by atoms with van der Waals surface area (Å²) in [6.07, 6.45) is 5.09. The number of ether oxygens (including phenoxy) is 1. The number of carbonyl (C=O) groups is 1. The molecule has 35 heavy (non-hydrogen) atoms. The summed E-state index contributed by atoms with van der Waals surface area (Å²) in [7, 11) is -3.56. The van der Waals surface area contributed by atoms with E-state index in [1.807, 2.05) is 11.5 Å². The van der Waals surface area contributed by atoms with E-state index in [0.29, 0.717) is 31.0 Å². The molecule has 1 aromatic carbocycles. The highest BCUT2D eigenvalue weighted by Crippen LogP contribution is 2.25. The first-order chi connectivity index (χ1) is 17.0. The maximum Gasteiger partial charge on any atom is 0.359 e. The average Bonchev–Trinajstić information content (AvgIpc) is 3.55. The number of hydrogen-bond acceptors (Lipinski definition) is 8. The minimum atomic E-state index is -3.56. The molecule has 0 amide bonds. The second kappa shape index (κ2) is 9.90. The van der Waals surface area contributed by atoms with Gasteiger partial charge in [0.25, 0.3) is 0 Å². The highest BCUT2D eigenvalue weighted by molar-refractivity contribution is 7.89. The van der Waals surface area contributed by atoms with Crippen LogP contribution in [-0.4, -0.2) is 64.6 Å². The molecular formula is C24H30N6O4S. The van der Waals surface area contributed by atoms with Gasteiger partial charge in [0.15, 0.2) is 11.5 Å². The number of rotatable bonds is 7. The van der Waals surface area contributed by atoms with E-state index in [9.17, 15) is 13.2 Å². The molecule has 0 bridgehead atoms. The predicted octanol–water partition coefficient (Wildman–Crippen LogP) is 2.98. The number of nitrogens with zero attached hydrogens (tertiary/aromatic N) is 6. The zero-order chi connectivity index (χ0) is 24.4. The first-order valence-electron chi connectivity index (χ1n) is 12.2. The molecule has 4 heterocycles. The van der Waals surface area contributed by atoms with E-state index in [-0.39, 0.29) is 17.2 Å². The molecule has 186 valence electrons. The number of aromatic nitrogens is 4. The summed E-state index contributed by atoms with van der Waals surface area (Å²) >= 11 is 0. The van der Waals surface area contributed by atoms with Crippen molar-refractivity contribution in [2.75, 3.05) is 31.1 Å². The lowest BCUT2D eigenvalue weighted by atomic mass is 10.2. The van der Waals surface area contributed by atoms with E-state index in [0.717, 1.165) is 56.5 Å². The molecule has 11 heteroatoms. The summed E-state index contributed by atoms with van der Waals surface area (Å²) in [4.78, 5) is 19.5. The van der Waals surface area contributed by atoms with Gasteiger partial charge in [-0.05, 0) is 62.9 Å². The van der Waals surface area contributed by atoms with E-state index in [4.69, 9.17) is 4.74 Å². The average molecular weight is 499 g/mol. The Morgan fingerprint density at radius 2 is 1.71 bits per heavy atom. The largest absolute Gasteiger partial charge is 0.453 e. The molecule has 0 spiro atoms. The van der Waals surface area contributed by atoms with Crippen molar-refractivity contribution in [3.05, 3.63) is 41.9 Å². The van der Waals surface area contributed by atoms with E-state index >= 15 is 0 Å². The maximum atomic E-state index is 13.1. The van der Waals surface area contributed by atoms with Crippen LogP contribution in [0.1, 0.15) is 55.3 Å². The van der Waals surface area contributed by atoms with Crippen LogP contribution in [0.5, 0.6) is 0 Å². The molecule has 0 radical (unpaired) electrons. The van der Waals surface area contributed by atoms with Crippen molar-refractivity contribution in [3.63, 3.8) is 0 Å². The summed E-state index contributed by atoms with van der Waals surface area (Å²) in [6, 6.07) is 8.44. The van der Waals surface area contributed by atoms with Crippen LogP contribution in [0.3, 0.4) is 0 Å². The molecule has 3 aromatic rings. The van der Waals surface area contributed by atoms with Gasteiger partial charge in [-0.15, -0.1) is 10.2 Å². The fraction of sp³-hybridized carbons (Fsp3) is 0.500. The van der Waals surface area contributed by atoms with Crippen molar-refractivity contribution in [1.82, 2.24) is 24.1 Å². The third-order valence-corrected chi connectivity index (χ3v) is 8.58. The molecule has 0 atom stereocenters.